The minimum Gasteiger partial charge on any atom is -0.367 e. The minimum atomic E-state index is -0.153. The molecule has 0 N–H and O–H groups in total. The topological polar surface area (TPSA) is 42.9 Å². The number of benzene rings is 2. The molecule has 0 bridgehead atoms. The Labute approximate surface area is 248 Å². The third-order valence-electron chi connectivity index (χ3n) is 8.66. The predicted octanol–water partition coefficient (Wildman–Crippen LogP) is 5.37. The zero-order valence-electron chi connectivity index (χ0n) is 24.0. The van der Waals surface area contributed by atoms with E-state index in [0.717, 1.165) is 75.8 Å². The lowest BCUT2D eigenvalue weighted by atomic mass is 9.86. The second-order valence-corrected chi connectivity index (χ2v) is 11.8. The van der Waals surface area contributed by atoms with Crippen molar-refractivity contribution >= 4 is 23.2 Å². The van der Waals surface area contributed by atoms with E-state index in [-0.39, 0.29) is 11.7 Å². The average molecular weight is 578 g/mol. The number of amides is 1. The van der Waals surface area contributed by atoms with E-state index in [9.17, 15) is 9.18 Å². The van der Waals surface area contributed by atoms with Crippen LogP contribution in [0.3, 0.4) is 0 Å². The Hall–Kier alpha value is -3.00. The lowest BCUT2D eigenvalue weighted by Crippen LogP contribution is -2.56. The standard InChI is InChI=1S/C33H41ClFN5O/c1-37(18-15-29-6-4-5-17-36-29)33(41)14-11-27-25-38(24-26-9-12-28(34)13-10-26)19-16-31(27)39-20-22-40(23-21-39)32-8-3-2-7-30(32)35/h2-10,12-13,17,27,31H,11,14-16,18-25H2,1H3/t27-,31+/m1/s1. The van der Waals surface area contributed by atoms with Crippen molar-refractivity contribution in [1.82, 2.24) is 19.7 Å². The van der Waals surface area contributed by atoms with Gasteiger partial charge in [0.15, 0.2) is 0 Å². The third-order valence-corrected chi connectivity index (χ3v) is 8.91. The molecule has 2 saturated heterocycles. The van der Waals surface area contributed by atoms with Gasteiger partial charge < -0.3 is 9.80 Å². The second-order valence-electron chi connectivity index (χ2n) is 11.4. The fraction of sp³-hybridized carbons (Fsp3) is 0.455. The summed E-state index contributed by atoms with van der Waals surface area (Å²) in [4.78, 5) is 26.7. The average Bonchev–Trinajstić information content (AvgIpc) is 3.01. The van der Waals surface area contributed by atoms with Gasteiger partial charge in [-0.25, -0.2) is 4.39 Å². The molecule has 6 nitrogen and oxygen atoms in total. The van der Waals surface area contributed by atoms with Crippen molar-refractivity contribution < 1.29 is 9.18 Å². The predicted molar refractivity (Wildman–Crippen MR) is 164 cm³/mol. The molecule has 5 rings (SSSR count). The minimum absolute atomic E-state index is 0.153. The number of anilines is 1. The van der Waals surface area contributed by atoms with Crippen LogP contribution in [-0.2, 0) is 17.8 Å². The quantitative estimate of drug-likeness (QED) is 0.324. The molecule has 0 unspecified atom stereocenters. The van der Waals surface area contributed by atoms with Gasteiger partial charge in [-0.1, -0.05) is 41.9 Å². The molecule has 0 saturated carbocycles. The number of carbonyl (C=O) groups excluding carboxylic acids is 1. The van der Waals surface area contributed by atoms with Crippen molar-refractivity contribution in [1.29, 1.82) is 0 Å². The van der Waals surface area contributed by atoms with Gasteiger partial charge >= 0.3 is 0 Å². The number of rotatable bonds is 10. The first-order chi connectivity index (χ1) is 20.0. The van der Waals surface area contributed by atoms with Gasteiger partial charge in [0.05, 0.1) is 5.69 Å². The maximum absolute atomic E-state index is 14.4. The number of halogens is 2. The molecule has 0 aliphatic carbocycles. The summed E-state index contributed by atoms with van der Waals surface area (Å²) in [7, 11) is 1.90. The van der Waals surface area contributed by atoms with Gasteiger partial charge in [-0.2, -0.15) is 0 Å². The van der Waals surface area contributed by atoms with Crippen LogP contribution in [0.2, 0.25) is 5.02 Å². The van der Waals surface area contributed by atoms with Crippen LogP contribution >= 0.6 is 11.6 Å². The summed E-state index contributed by atoms with van der Waals surface area (Å²) in [5.41, 5.74) is 2.96. The monoisotopic (exact) mass is 577 g/mol. The molecule has 8 heteroatoms. The molecule has 2 atom stereocenters. The van der Waals surface area contributed by atoms with Crippen LogP contribution < -0.4 is 4.90 Å². The van der Waals surface area contributed by atoms with Crippen molar-refractivity contribution in [3.05, 3.63) is 95.0 Å². The molecule has 2 fully saturated rings. The SMILES string of the molecule is CN(CCc1ccccn1)C(=O)CC[C@@H]1CN(Cc2ccc(Cl)cc2)CC[C@@H]1N1CCN(c2ccccc2F)CC1. The fourth-order valence-electron chi connectivity index (χ4n) is 6.31. The zero-order valence-corrected chi connectivity index (χ0v) is 24.7. The molecule has 3 heterocycles. The number of piperazine rings is 1. The van der Waals surface area contributed by atoms with Crippen molar-refractivity contribution in [2.24, 2.45) is 5.92 Å². The Kier molecular flexibility index (Phi) is 10.3. The maximum atomic E-state index is 14.4. The number of hydrogen-bond acceptors (Lipinski definition) is 5. The number of pyridine rings is 1. The summed E-state index contributed by atoms with van der Waals surface area (Å²) in [6, 6.07) is 21.5. The van der Waals surface area contributed by atoms with E-state index in [1.807, 2.05) is 54.4 Å². The molecule has 2 aliphatic rings. The molecule has 3 aromatic rings. The second kappa shape index (κ2) is 14.3. The number of likely N-dealkylation sites (tertiary alicyclic amines) is 1. The third kappa shape index (κ3) is 8.06. The van der Waals surface area contributed by atoms with Crippen LogP contribution in [0.25, 0.3) is 0 Å². The lowest BCUT2D eigenvalue weighted by molar-refractivity contribution is -0.130. The van der Waals surface area contributed by atoms with Gasteiger partial charge in [0, 0.05) is 88.7 Å². The molecule has 218 valence electrons. The van der Waals surface area contributed by atoms with Crippen molar-refractivity contribution in [3.8, 4) is 0 Å². The Morgan fingerprint density at radius 2 is 1.76 bits per heavy atom. The highest BCUT2D eigenvalue weighted by Crippen LogP contribution is 2.30. The fourth-order valence-corrected chi connectivity index (χ4v) is 6.43. The summed E-state index contributed by atoms with van der Waals surface area (Å²) in [6.45, 7) is 6.99. The Morgan fingerprint density at radius 3 is 2.49 bits per heavy atom. The lowest BCUT2D eigenvalue weighted by Gasteiger charge is -2.47. The highest BCUT2D eigenvalue weighted by atomic mass is 35.5. The van der Waals surface area contributed by atoms with E-state index in [1.54, 1.807) is 18.3 Å². The van der Waals surface area contributed by atoms with Crippen LogP contribution in [0.5, 0.6) is 0 Å². The number of piperidine rings is 1. The number of carbonyl (C=O) groups is 1. The first kappa shape index (κ1) is 29.5. The Bertz CT molecular complexity index is 1250. The highest BCUT2D eigenvalue weighted by molar-refractivity contribution is 6.30. The molecule has 1 amide bonds. The van der Waals surface area contributed by atoms with E-state index >= 15 is 0 Å². The molecule has 1 aromatic heterocycles. The number of para-hydroxylation sites is 1. The summed E-state index contributed by atoms with van der Waals surface area (Å²) in [6.07, 6.45) is 5.04. The molecule has 0 radical (unpaired) electrons. The molecule has 2 aromatic carbocycles. The first-order valence-electron chi connectivity index (χ1n) is 14.8. The summed E-state index contributed by atoms with van der Waals surface area (Å²) < 4.78 is 14.4. The van der Waals surface area contributed by atoms with E-state index in [4.69, 9.17) is 11.6 Å². The van der Waals surface area contributed by atoms with Gasteiger partial charge in [-0.05, 0) is 67.3 Å². The summed E-state index contributed by atoms with van der Waals surface area (Å²) in [5, 5.41) is 0.755. The Balaban J connectivity index is 1.20. The van der Waals surface area contributed by atoms with Crippen LogP contribution in [-0.4, -0.2) is 84.5 Å². The molecule has 41 heavy (non-hydrogen) atoms. The normalized spacial score (nSPS) is 20.2. The van der Waals surface area contributed by atoms with Crippen LogP contribution in [0, 0.1) is 11.7 Å². The number of hydrogen-bond donors (Lipinski definition) is 0. The van der Waals surface area contributed by atoms with Gasteiger partial charge in [0.2, 0.25) is 5.91 Å². The number of likely N-dealkylation sites (N-methyl/N-ethyl adjacent to an activating group) is 1. The van der Waals surface area contributed by atoms with Crippen LogP contribution in [0.15, 0.2) is 72.9 Å². The first-order valence-corrected chi connectivity index (χ1v) is 15.2. The van der Waals surface area contributed by atoms with E-state index in [0.29, 0.717) is 30.6 Å². The van der Waals surface area contributed by atoms with Crippen molar-refractivity contribution in [2.75, 3.05) is 57.8 Å². The smallest absolute Gasteiger partial charge is 0.222 e. The number of aromatic nitrogens is 1. The van der Waals surface area contributed by atoms with Crippen LogP contribution in [0.4, 0.5) is 10.1 Å². The highest BCUT2D eigenvalue weighted by Gasteiger charge is 2.35. The summed E-state index contributed by atoms with van der Waals surface area (Å²) >= 11 is 6.11. The molecular weight excluding hydrogens is 537 g/mol. The zero-order chi connectivity index (χ0) is 28.6. The van der Waals surface area contributed by atoms with Gasteiger partial charge in [-0.3, -0.25) is 19.6 Å². The van der Waals surface area contributed by atoms with E-state index in [1.165, 1.54) is 5.56 Å². The largest absolute Gasteiger partial charge is 0.367 e. The summed E-state index contributed by atoms with van der Waals surface area (Å²) in [5.74, 6) is 0.433. The maximum Gasteiger partial charge on any atom is 0.222 e. The van der Waals surface area contributed by atoms with E-state index in [2.05, 4.69) is 31.8 Å². The molecule has 0 spiro atoms. The van der Waals surface area contributed by atoms with Gasteiger partial charge in [0.25, 0.3) is 0 Å². The number of nitrogens with zero attached hydrogens (tertiary/aromatic N) is 5. The van der Waals surface area contributed by atoms with Gasteiger partial charge in [-0.15, -0.1) is 0 Å². The Morgan fingerprint density at radius 1 is 1.00 bits per heavy atom. The van der Waals surface area contributed by atoms with Crippen molar-refractivity contribution in [3.63, 3.8) is 0 Å². The van der Waals surface area contributed by atoms with Crippen molar-refractivity contribution in [2.45, 2.75) is 38.3 Å². The van der Waals surface area contributed by atoms with Gasteiger partial charge in [0.1, 0.15) is 5.82 Å². The van der Waals surface area contributed by atoms with Crippen LogP contribution in [0.1, 0.15) is 30.5 Å². The van der Waals surface area contributed by atoms with E-state index < -0.39 is 0 Å². The molecular formula is C33H41ClFN5O. The molecule has 2 aliphatic heterocycles.